The summed E-state index contributed by atoms with van der Waals surface area (Å²) in [7, 11) is 1.63. The highest BCUT2D eigenvalue weighted by Crippen LogP contribution is 2.34. The Morgan fingerprint density at radius 2 is 2.12 bits per heavy atom. The van der Waals surface area contributed by atoms with Gasteiger partial charge in [0.1, 0.15) is 6.54 Å². The van der Waals surface area contributed by atoms with Crippen molar-refractivity contribution >= 4 is 28.4 Å². The van der Waals surface area contributed by atoms with Gasteiger partial charge in [-0.3, -0.25) is 4.79 Å². The molecule has 0 saturated carbocycles. The van der Waals surface area contributed by atoms with Crippen LogP contribution in [0.2, 0.25) is 0 Å². The van der Waals surface area contributed by atoms with Gasteiger partial charge in [0.25, 0.3) is 5.91 Å². The van der Waals surface area contributed by atoms with E-state index >= 15 is 0 Å². The summed E-state index contributed by atoms with van der Waals surface area (Å²) in [5.41, 5.74) is 1.06. The summed E-state index contributed by atoms with van der Waals surface area (Å²) in [4.78, 5) is 31.6. The second-order valence-electron chi connectivity index (χ2n) is 4.09. The van der Waals surface area contributed by atoms with Gasteiger partial charge >= 0.3 is 6.03 Å². The lowest BCUT2D eigenvalue weighted by atomic mass is 10.4. The van der Waals surface area contributed by atoms with Crippen LogP contribution in [0.15, 0.2) is 0 Å². The van der Waals surface area contributed by atoms with Gasteiger partial charge in [-0.15, -0.1) is 11.3 Å². The zero-order valence-electron chi connectivity index (χ0n) is 8.89. The fraction of sp³-hybridized carbons (Fsp3) is 0.500. The average molecular weight is 237 g/mol. The van der Waals surface area contributed by atoms with Crippen molar-refractivity contribution in [3.8, 4) is 0 Å². The van der Waals surface area contributed by atoms with Crippen molar-refractivity contribution in [2.45, 2.75) is 19.3 Å². The molecule has 3 rings (SSSR count). The number of fused-ring (bicyclic) bond motifs is 1. The number of hydrogen-bond acceptors (Lipinski definition) is 4. The fourth-order valence-corrected chi connectivity index (χ4v) is 3.24. The van der Waals surface area contributed by atoms with E-state index in [2.05, 4.69) is 4.98 Å². The van der Waals surface area contributed by atoms with Crippen LogP contribution in [0.1, 0.15) is 17.0 Å². The van der Waals surface area contributed by atoms with Gasteiger partial charge in [-0.2, -0.15) is 0 Å². The first-order valence-corrected chi connectivity index (χ1v) is 6.05. The second-order valence-corrected chi connectivity index (χ2v) is 5.15. The fourth-order valence-electron chi connectivity index (χ4n) is 2.08. The minimum atomic E-state index is -0.266. The molecule has 0 atom stereocenters. The van der Waals surface area contributed by atoms with E-state index < -0.39 is 0 Å². The summed E-state index contributed by atoms with van der Waals surface area (Å²) in [5.74, 6) is -0.181. The highest BCUT2D eigenvalue weighted by Gasteiger charge is 2.37. The quantitative estimate of drug-likeness (QED) is 0.685. The molecule has 1 saturated heterocycles. The normalized spacial score (nSPS) is 19.8. The molecule has 5 nitrogen and oxygen atoms in total. The van der Waals surface area contributed by atoms with Crippen LogP contribution in [0.3, 0.4) is 0 Å². The number of carbonyl (C=O) groups excluding carboxylic acids is 2. The van der Waals surface area contributed by atoms with Crippen molar-refractivity contribution in [3.63, 3.8) is 0 Å². The smallest absolute Gasteiger partial charge is 0.318 e. The largest absolute Gasteiger partial charge is 0.333 e. The van der Waals surface area contributed by atoms with Crippen LogP contribution in [0.25, 0.3) is 0 Å². The van der Waals surface area contributed by atoms with Crippen molar-refractivity contribution < 1.29 is 9.59 Å². The second kappa shape index (κ2) is 3.28. The molecule has 84 valence electrons. The molecule has 2 heterocycles. The Balaban J connectivity index is 1.97. The molecular weight excluding hydrogens is 226 g/mol. The number of thiazole rings is 1. The Morgan fingerprint density at radius 3 is 2.75 bits per heavy atom. The number of nitrogens with zero attached hydrogens (tertiary/aromatic N) is 3. The SMILES string of the molecule is CN1CC(=O)N(c2nc3c(s2)CCC3)C1=O. The number of aromatic nitrogens is 1. The van der Waals surface area contributed by atoms with Crippen LogP contribution in [0.4, 0.5) is 9.93 Å². The van der Waals surface area contributed by atoms with Crippen LogP contribution in [-0.2, 0) is 17.6 Å². The third-order valence-electron chi connectivity index (χ3n) is 2.92. The number of amides is 3. The van der Waals surface area contributed by atoms with E-state index in [4.69, 9.17) is 0 Å². The molecular formula is C10H11N3O2S. The van der Waals surface area contributed by atoms with Crippen molar-refractivity contribution in [3.05, 3.63) is 10.6 Å². The van der Waals surface area contributed by atoms with Crippen LogP contribution >= 0.6 is 11.3 Å². The van der Waals surface area contributed by atoms with Crippen LogP contribution in [-0.4, -0.2) is 35.4 Å². The summed E-state index contributed by atoms with van der Waals surface area (Å²) < 4.78 is 0. The lowest BCUT2D eigenvalue weighted by Crippen LogP contribution is -2.31. The first-order valence-electron chi connectivity index (χ1n) is 5.23. The van der Waals surface area contributed by atoms with Gasteiger partial charge < -0.3 is 4.90 Å². The summed E-state index contributed by atoms with van der Waals surface area (Å²) >= 11 is 1.48. The minimum absolute atomic E-state index is 0.156. The molecule has 16 heavy (non-hydrogen) atoms. The number of imide groups is 1. The molecule has 0 bridgehead atoms. The number of aryl methyl sites for hydroxylation is 2. The van der Waals surface area contributed by atoms with E-state index in [0.717, 1.165) is 25.0 Å². The highest BCUT2D eigenvalue weighted by atomic mass is 32.1. The Labute approximate surface area is 96.7 Å². The maximum absolute atomic E-state index is 11.7. The van der Waals surface area contributed by atoms with Crippen LogP contribution in [0.5, 0.6) is 0 Å². The van der Waals surface area contributed by atoms with Crippen molar-refractivity contribution in [1.29, 1.82) is 0 Å². The van der Waals surface area contributed by atoms with Crippen molar-refractivity contribution in [2.75, 3.05) is 18.5 Å². The number of rotatable bonds is 1. The Hall–Kier alpha value is -1.43. The maximum atomic E-state index is 11.7. The first kappa shape index (κ1) is 9.77. The zero-order valence-corrected chi connectivity index (χ0v) is 9.71. The van der Waals surface area contributed by atoms with Gasteiger partial charge in [0.2, 0.25) is 5.13 Å². The Morgan fingerprint density at radius 1 is 1.31 bits per heavy atom. The molecule has 1 fully saturated rings. The van der Waals surface area contributed by atoms with Gasteiger partial charge in [0.05, 0.1) is 5.69 Å². The number of carbonyl (C=O) groups is 2. The molecule has 1 aliphatic carbocycles. The Bertz CT molecular complexity index is 461. The van der Waals surface area contributed by atoms with Gasteiger partial charge in [-0.1, -0.05) is 0 Å². The molecule has 0 radical (unpaired) electrons. The molecule has 0 N–H and O–H groups in total. The van der Waals surface area contributed by atoms with E-state index in [1.54, 1.807) is 7.05 Å². The van der Waals surface area contributed by atoms with Crippen molar-refractivity contribution in [2.24, 2.45) is 0 Å². The molecule has 1 aromatic heterocycles. The monoisotopic (exact) mass is 237 g/mol. The summed E-state index contributed by atoms with van der Waals surface area (Å²) in [6, 6.07) is -0.266. The van der Waals surface area contributed by atoms with E-state index in [1.807, 2.05) is 0 Å². The van der Waals surface area contributed by atoms with Crippen LogP contribution in [0, 0.1) is 0 Å². The van der Waals surface area contributed by atoms with Gasteiger partial charge in [-0.25, -0.2) is 14.7 Å². The third kappa shape index (κ3) is 1.26. The lowest BCUT2D eigenvalue weighted by Gasteiger charge is -2.09. The molecule has 1 aliphatic heterocycles. The lowest BCUT2D eigenvalue weighted by molar-refractivity contribution is -0.116. The summed E-state index contributed by atoms with van der Waals surface area (Å²) in [6.45, 7) is 0.156. The predicted octanol–water partition coefficient (Wildman–Crippen LogP) is 1.03. The van der Waals surface area contributed by atoms with E-state index in [-0.39, 0.29) is 18.5 Å². The van der Waals surface area contributed by atoms with E-state index in [0.29, 0.717) is 5.13 Å². The topological polar surface area (TPSA) is 53.5 Å². The Kier molecular flexibility index (Phi) is 2.00. The van der Waals surface area contributed by atoms with Gasteiger partial charge in [-0.05, 0) is 19.3 Å². The van der Waals surface area contributed by atoms with E-state index in [1.165, 1.54) is 26.0 Å². The molecule has 6 heteroatoms. The number of hydrogen-bond donors (Lipinski definition) is 0. The first-order chi connectivity index (χ1) is 7.66. The zero-order chi connectivity index (χ0) is 11.3. The maximum Gasteiger partial charge on any atom is 0.333 e. The minimum Gasteiger partial charge on any atom is -0.318 e. The van der Waals surface area contributed by atoms with E-state index in [9.17, 15) is 9.59 Å². The van der Waals surface area contributed by atoms with Gasteiger partial charge in [0, 0.05) is 11.9 Å². The summed E-state index contributed by atoms with van der Waals surface area (Å²) in [5, 5.41) is 0.545. The number of anilines is 1. The van der Waals surface area contributed by atoms with Crippen molar-refractivity contribution in [1.82, 2.24) is 9.88 Å². The predicted molar refractivity (Wildman–Crippen MR) is 59.7 cm³/mol. The molecule has 0 aromatic carbocycles. The standard InChI is InChI=1S/C10H11N3O2S/c1-12-5-8(14)13(10(12)15)9-11-6-3-2-4-7(6)16-9/h2-5H2,1H3. The highest BCUT2D eigenvalue weighted by molar-refractivity contribution is 7.16. The van der Waals surface area contributed by atoms with Crippen LogP contribution < -0.4 is 4.90 Å². The summed E-state index contributed by atoms with van der Waals surface area (Å²) in [6.07, 6.45) is 3.13. The third-order valence-corrected chi connectivity index (χ3v) is 4.06. The molecule has 0 spiro atoms. The number of likely N-dealkylation sites (N-methyl/N-ethyl adjacent to an activating group) is 1. The molecule has 2 aliphatic rings. The van der Waals surface area contributed by atoms with Gasteiger partial charge in [0.15, 0.2) is 0 Å². The molecule has 1 aromatic rings. The molecule has 0 unspecified atom stereocenters. The average Bonchev–Trinajstić information content (AvgIpc) is 2.82. The molecule has 3 amide bonds. The number of urea groups is 1.